The second-order valence-corrected chi connectivity index (χ2v) is 4.52. The Morgan fingerprint density at radius 3 is 2.14 bits per heavy atom. The zero-order chi connectivity index (χ0) is 15.2. The van der Waals surface area contributed by atoms with E-state index < -0.39 is 0 Å². The van der Waals surface area contributed by atoms with E-state index in [-0.39, 0.29) is 0 Å². The molecule has 0 fully saturated rings. The second-order valence-electron chi connectivity index (χ2n) is 4.52. The van der Waals surface area contributed by atoms with E-state index in [4.69, 9.17) is 14.2 Å². The van der Waals surface area contributed by atoms with Crippen LogP contribution in [0.15, 0.2) is 36.5 Å². The molecule has 0 spiro atoms. The summed E-state index contributed by atoms with van der Waals surface area (Å²) in [4.78, 5) is 0. The Balaban J connectivity index is 2.41. The lowest BCUT2D eigenvalue weighted by Crippen LogP contribution is -2.30. The molecule has 0 aliphatic rings. The molecule has 1 aromatic carbocycles. The Bertz CT molecular complexity index is 650. The third kappa shape index (κ3) is 3.34. The number of benzene rings is 1. The van der Waals surface area contributed by atoms with Crippen molar-refractivity contribution in [3.05, 3.63) is 47.8 Å². The minimum atomic E-state index is 0.650. The maximum absolute atomic E-state index is 5.41. The number of hydrogen-bond acceptors (Lipinski definition) is 3. The van der Waals surface area contributed by atoms with Crippen LogP contribution in [-0.4, -0.2) is 21.3 Å². The van der Waals surface area contributed by atoms with Gasteiger partial charge in [0.2, 0.25) is 5.69 Å². The lowest BCUT2D eigenvalue weighted by Gasteiger charge is -2.12. The highest BCUT2D eigenvalue weighted by Crippen LogP contribution is 2.35. The topological polar surface area (TPSA) is 31.6 Å². The molecule has 1 aromatic heterocycles. The van der Waals surface area contributed by atoms with Gasteiger partial charge in [-0.1, -0.05) is 0 Å². The van der Waals surface area contributed by atoms with Gasteiger partial charge >= 0.3 is 0 Å². The van der Waals surface area contributed by atoms with Crippen LogP contribution in [-0.2, 0) is 7.05 Å². The van der Waals surface area contributed by atoms with Crippen molar-refractivity contribution >= 4 is 12.2 Å². The van der Waals surface area contributed by atoms with E-state index in [1.165, 1.54) is 0 Å². The van der Waals surface area contributed by atoms with Crippen molar-refractivity contribution in [3.8, 4) is 17.2 Å². The predicted molar refractivity (Wildman–Crippen MR) is 82.6 cm³/mol. The van der Waals surface area contributed by atoms with Crippen LogP contribution in [0.4, 0.5) is 0 Å². The zero-order valence-electron chi connectivity index (χ0n) is 12.8. The highest BCUT2D eigenvalue weighted by molar-refractivity contribution is 5.72. The summed E-state index contributed by atoms with van der Waals surface area (Å²) in [5, 5.41) is 0. The van der Waals surface area contributed by atoms with Gasteiger partial charge in [-0.05, 0) is 18.2 Å². The Morgan fingerprint density at radius 2 is 1.52 bits per heavy atom. The van der Waals surface area contributed by atoms with Gasteiger partial charge in [-0.2, -0.15) is 0 Å². The first-order chi connectivity index (χ1) is 10.2. The Kier molecular flexibility index (Phi) is 4.82. The molecule has 0 aliphatic heterocycles. The average Bonchev–Trinajstić information content (AvgIpc) is 2.53. The fraction of sp³-hybridized carbons (Fsp3) is 0.235. The number of hydrogen-bond donors (Lipinski definition) is 0. The maximum Gasteiger partial charge on any atom is 0.204 e. The van der Waals surface area contributed by atoms with Gasteiger partial charge in [-0.25, -0.2) is 4.57 Å². The molecule has 4 heteroatoms. The largest absolute Gasteiger partial charge is 0.496 e. The van der Waals surface area contributed by atoms with E-state index in [1.54, 1.807) is 21.3 Å². The molecule has 2 rings (SSSR count). The summed E-state index contributed by atoms with van der Waals surface area (Å²) < 4.78 is 18.1. The maximum atomic E-state index is 5.41. The van der Waals surface area contributed by atoms with Gasteiger partial charge in [-0.15, -0.1) is 0 Å². The molecule has 0 saturated heterocycles. The average molecular weight is 286 g/mol. The van der Waals surface area contributed by atoms with Crippen molar-refractivity contribution in [1.82, 2.24) is 0 Å². The number of rotatable bonds is 5. The van der Waals surface area contributed by atoms with Crippen molar-refractivity contribution in [3.63, 3.8) is 0 Å². The molecular weight excluding hydrogens is 266 g/mol. The lowest BCUT2D eigenvalue weighted by atomic mass is 10.1. The molecule has 4 nitrogen and oxygen atoms in total. The van der Waals surface area contributed by atoms with Crippen LogP contribution in [0.5, 0.6) is 17.2 Å². The van der Waals surface area contributed by atoms with Crippen molar-refractivity contribution in [2.75, 3.05) is 21.3 Å². The highest BCUT2D eigenvalue weighted by atomic mass is 16.5. The molecule has 21 heavy (non-hydrogen) atoms. The smallest absolute Gasteiger partial charge is 0.204 e. The van der Waals surface area contributed by atoms with Crippen LogP contribution in [0.3, 0.4) is 0 Å². The molecule has 0 amide bonds. The van der Waals surface area contributed by atoms with Gasteiger partial charge in [0.1, 0.15) is 12.8 Å². The molecule has 2 aromatic rings. The van der Waals surface area contributed by atoms with Gasteiger partial charge in [0, 0.05) is 29.8 Å². The minimum absolute atomic E-state index is 0.650. The summed E-state index contributed by atoms with van der Waals surface area (Å²) in [5.74, 6) is 2.06. The molecular formula is C17H20NO3+. The van der Waals surface area contributed by atoms with Crippen molar-refractivity contribution in [1.29, 1.82) is 0 Å². The Morgan fingerprint density at radius 1 is 0.857 bits per heavy atom. The minimum Gasteiger partial charge on any atom is -0.496 e. The standard InChI is InChI=1S/C17H20NO3/c1-18-10-6-5-7-14(18)9-8-13-11-16(20-3)17(21-4)12-15(13)19-2/h5-12H,1-4H3/q+1/b9-8+. The van der Waals surface area contributed by atoms with E-state index in [9.17, 15) is 0 Å². The van der Waals surface area contributed by atoms with Crippen LogP contribution in [0.2, 0.25) is 0 Å². The summed E-state index contributed by atoms with van der Waals surface area (Å²) in [7, 11) is 6.87. The predicted octanol–water partition coefficient (Wildman–Crippen LogP) is 2.71. The van der Waals surface area contributed by atoms with Gasteiger partial charge in [0.25, 0.3) is 0 Å². The number of pyridine rings is 1. The van der Waals surface area contributed by atoms with Gasteiger partial charge in [0.05, 0.1) is 21.3 Å². The SMILES string of the molecule is COc1cc(OC)c(OC)cc1/C=C/c1cccc[n+]1C. The molecule has 0 atom stereocenters. The fourth-order valence-electron chi connectivity index (χ4n) is 2.07. The van der Waals surface area contributed by atoms with E-state index in [0.717, 1.165) is 17.0 Å². The number of aromatic nitrogens is 1. The second kappa shape index (κ2) is 6.79. The number of aryl methyl sites for hydroxylation is 1. The molecule has 0 radical (unpaired) electrons. The van der Waals surface area contributed by atoms with Crippen LogP contribution in [0.1, 0.15) is 11.3 Å². The molecule has 0 N–H and O–H groups in total. The van der Waals surface area contributed by atoms with Crippen molar-refractivity contribution < 1.29 is 18.8 Å². The molecule has 0 bridgehead atoms. The molecule has 0 unspecified atom stereocenters. The van der Waals surface area contributed by atoms with Gasteiger partial charge in [-0.3, -0.25) is 0 Å². The van der Waals surface area contributed by atoms with Gasteiger partial charge in [0.15, 0.2) is 17.7 Å². The fourth-order valence-corrected chi connectivity index (χ4v) is 2.07. The third-order valence-corrected chi connectivity index (χ3v) is 3.26. The number of nitrogens with zero attached hydrogens (tertiary/aromatic N) is 1. The Hall–Kier alpha value is -2.49. The van der Waals surface area contributed by atoms with E-state index in [0.29, 0.717) is 11.5 Å². The molecule has 110 valence electrons. The quantitative estimate of drug-likeness (QED) is 0.792. The monoisotopic (exact) mass is 286 g/mol. The van der Waals surface area contributed by atoms with Gasteiger partial charge < -0.3 is 14.2 Å². The van der Waals surface area contributed by atoms with Crippen LogP contribution < -0.4 is 18.8 Å². The molecule has 0 saturated carbocycles. The summed E-state index contributed by atoms with van der Waals surface area (Å²) in [5.41, 5.74) is 2.02. The van der Waals surface area contributed by atoms with E-state index >= 15 is 0 Å². The zero-order valence-corrected chi connectivity index (χ0v) is 12.8. The first kappa shape index (κ1) is 14.9. The third-order valence-electron chi connectivity index (χ3n) is 3.26. The lowest BCUT2D eigenvalue weighted by molar-refractivity contribution is -0.673. The molecule has 0 aliphatic carbocycles. The first-order valence-electron chi connectivity index (χ1n) is 6.62. The normalized spacial score (nSPS) is 10.7. The summed E-state index contributed by atoms with van der Waals surface area (Å²) >= 11 is 0. The Labute approximate surface area is 125 Å². The number of methoxy groups -OCH3 is 3. The summed E-state index contributed by atoms with van der Waals surface area (Å²) in [6.45, 7) is 0. The van der Waals surface area contributed by atoms with Crippen LogP contribution in [0.25, 0.3) is 12.2 Å². The number of ether oxygens (including phenoxy) is 3. The van der Waals surface area contributed by atoms with E-state index in [2.05, 4.69) is 0 Å². The van der Waals surface area contributed by atoms with Crippen LogP contribution in [0, 0.1) is 0 Å². The molecule has 1 heterocycles. The van der Waals surface area contributed by atoms with Crippen LogP contribution >= 0.6 is 0 Å². The summed E-state index contributed by atoms with van der Waals surface area (Å²) in [6, 6.07) is 9.77. The van der Waals surface area contributed by atoms with E-state index in [1.807, 2.05) is 60.3 Å². The van der Waals surface area contributed by atoms with Crippen molar-refractivity contribution in [2.45, 2.75) is 0 Å². The highest BCUT2D eigenvalue weighted by Gasteiger charge is 2.10. The first-order valence-corrected chi connectivity index (χ1v) is 6.62. The summed E-state index contributed by atoms with van der Waals surface area (Å²) in [6.07, 6.45) is 6.03. The van der Waals surface area contributed by atoms with Crippen molar-refractivity contribution in [2.24, 2.45) is 7.05 Å².